The number of rotatable bonds is 8. The number of nitrogens with zero attached hydrogens (tertiary/aromatic N) is 1. The number of benzene rings is 2. The van der Waals surface area contributed by atoms with E-state index in [0.717, 1.165) is 25.9 Å². The summed E-state index contributed by atoms with van der Waals surface area (Å²) in [5, 5.41) is 1.37. The van der Waals surface area contributed by atoms with Gasteiger partial charge in [-0.15, -0.1) is 0 Å². The van der Waals surface area contributed by atoms with Crippen LogP contribution in [0.25, 0.3) is 0 Å². The van der Waals surface area contributed by atoms with E-state index in [1.54, 1.807) is 12.1 Å². The Labute approximate surface area is 152 Å². The average molecular weight is 373 g/mol. The van der Waals surface area contributed by atoms with Gasteiger partial charge < -0.3 is 9.64 Å². The van der Waals surface area contributed by atoms with Crippen LogP contribution in [0.3, 0.4) is 0 Å². The standard InChI is InChI=1S/C18H20Cl3NO/c1-2-3-9-22(15-7-5-4-6-8-15)10-11-23-18-16(20)12-14(19)13-17(18)21/h4-8,12-13H,2-3,9-11H2,1H3. The highest BCUT2D eigenvalue weighted by molar-refractivity contribution is 6.40. The van der Waals surface area contributed by atoms with Gasteiger partial charge in [0.2, 0.25) is 0 Å². The van der Waals surface area contributed by atoms with Crippen molar-refractivity contribution in [2.24, 2.45) is 0 Å². The summed E-state index contributed by atoms with van der Waals surface area (Å²) in [4.78, 5) is 2.31. The topological polar surface area (TPSA) is 12.5 Å². The molecule has 2 aromatic rings. The Morgan fingerprint density at radius 2 is 1.61 bits per heavy atom. The normalized spacial score (nSPS) is 10.6. The van der Waals surface area contributed by atoms with E-state index in [4.69, 9.17) is 39.5 Å². The summed E-state index contributed by atoms with van der Waals surface area (Å²) < 4.78 is 5.79. The SMILES string of the molecule is CCCCN(CCOc1c(Cl)cc(Cl)cc1Cl)c1ccccc1. The number of ether oxygens (including phenoxy) is 1. The summed E-state index contributed by atoms with van der Waals surface area (Å²) in [6.07, 6.45) is 2.29. The maximum absolute atomic E-state index is 6.14. The van der Waals surface area contributed by atoms with Crippen molar-refractivity contribution in [1.82, 2.24) is 0 Å². The van der Waals surface area contributed by atoms with Crippen molar-refractivity contribution >= 4 is 40.5 Å². The minimum Gasteiger partial charge on any atom is -0.489 e. The molecule has 0 spiro atoms. The van der Waals surface area contributed by atoms with Crippen LogP contribution in [0, 0.1) is 0 Å². The minimum atomic E-state index is 0.433. The van der Waals surface area contributed by atoms with Crippen molar-refractivity contribution in [3.05, 3.63) is 57.5 Å². The molecule has 2 rings (SSSR count). The second kappa shape index (κ2) is 9.27. The molecule has 0 saturated carbocycles. The molecule has 0 N–H and O–H groups in total. The van der Waals surface area contributed by atoms with Gasteiger partial charge in [-0.2, -0.15) is 0 Å². The summed E-state index contributed by atoms with van der Waals surface area (Å²) in [6.45, 7) is 4.44. The number of halogens is 3. The van der Waals surface area contributed by atoms with Gasteiger partial charge in [-0.3, -0.25) is 0 Å². The molecular weight excluding hydrogens is 353 g/mol. The molecule has 5 heteroatoms. The van der Waals surface area contributed by atoms with E-state index < -0.39 is 0 Å². The van der Waals surface area contributed by atoms with Gasteiger partial charge in [-0.1, -0.05) is 66.3 Å². The number of hydrogen-bond donors (Lipinski definition) is 0. The zero-order chi connectivity index (χ0) is 16.7. The van der Waals surface area contributed by atoms with Crippen LogP contribution in [-0.2, 0) is 0 Å². The van der Waals surface area contributed by atoms with E-state index in [9.17, 15) is 0 Å². The predicted octanol–water partition coefficient (Wildman–Crippen LogP) is 6.33. The van der Waals surface area contributed by atoms with Crippen molar-refractivity contribution in [2.75, 3.05) is 24.6 Å². The molecule has 0 bridgehead atoms. The molecule has 23 heavy (non-hydrogen) atoms. The van der Waals surface area contributed by atoms with Crippen LogP contribution in [0.5, 0.6) is 5.75 Å². The maximum atomic E-state index is 6.14. The first-order chi connectivity index (χ1) is 11.1. The fourth-order valence-corrected chi connectivity index (χ4v) is 3.21. The smallest absolute Gasteiger partial charge is 0.156 e. The fraction of sp³-hybridized carbons (Fsp3) is 0.333. The van der Waals surface area contributed by atoms with Gasteiger partial charge in [-0.05, 0) is 30.7 Å². The van der Waals surface area contributed by atoms with Crippen molar-refractivity contribution in [3.63, 3.8) is 0 Å². The number of hydrogen-bond acceptors (Lipinski definition) is 2. The highest BCUT2D eigenvalue weighted by atomic mass is 35.5. The summed E-state index contributed by atoms with van der Waals surface area (Å²) in [5.74, 6) is 0.487. The maximum Gasteiger partial charge on any atom is 0.156 e. The predicted molar refractivity (Wildman–Crippen MR) is 101 cm³/mol. The van der Waals surface area contributed by atoms with Crippen LogP contribution in [0.15, 0.2) is 42.5 Å². The van der Waals surface area contributed by atoms with Crippen LogP contribution in [0.4, 0.5) is 5.69 Å². The molecule has 0 unspecified atom stereocenters. The molecule has 2 nitrogen and oxygen atoms in total. The summed E-state index contributed by atoms with van der Waals surface area (Å²) >= 11 is 18.2. The van der Waals surface area contributed by atoms with Crippen LogP contribution < -0.4 is 9.64 Å². The summed E-state index contributed by atoms with van der Waals surface area (Å²) in [6, 6.07) is 13.6. The van der Waals surface area contributed by atoms with Crippen LogP contribution in [-0.4, -0.2) is 19.7 Å². The number of anilines is 1. The zero-order valence-electron chi connectivity index (χ0n) is 13.1. The molecule has 0 saturated heterocycles. The summed E-state index contributed by atoms with van der Waals surface area (Å²) in [5.41, 5.74) is 1.19. The second-order valence-corrected chi connectivity index (χ2v) is 6.47. The molecule has 0 aliphatic carbocycles. The Kier molecular flexibility index (Phi) is 7.35. The van der Waals surface area contributed by atoms with Gasteiger partial charge in [-0.25, -0.2) is 0 Å². The van der Waals surface area contributed by atoms with Crippen LogP contribution >= 0.6 is 34.8 Å². The molecule has 0 fully saturated rings. The molecule has 0 atom stereocenters. The lowest BCUT2D eigenvalue weighted by atomic mass is 10.2. The van der Waals surface area contributed by atoms with Gasteiger partial charge in [0.15, 0.2) is 5.75 Å². The Morgan fingerprint density at radius 1 is 0.957 bits per heavy atom. The van der Waals surface area contributed by atoms with Crippen molar-refractivity contribution in [1.29, 1.82) is 0 Å². The van der Waals surface area contributed by atoms with Gasteiger partial charge >= 0.3 is 0 Å². The van der Waals surface area contributed by atoms with Crippen molar-refractivity contribution in [3.8, 4) is 5.75 Å². The van der Waals surface area contributed by atoms with Crippen LogP contribution in [0.2, 0.25) is 15.1 Å². The molecule has 0 aliphatic heterocycles. The number of para-hydroxylation sites is 1. The first-order valence-electron chi connectivity index (χ1n) is 7.69. The molecule has 0 aliphatic rings. The molecular formula is C18H20Cl3NO. The third-order valence-corrected chi connectivity index (χ3v) is 4.25. The Hall–Kier alpha value is -1.09. The summed E-state index contributed by atoms with van der Waals surface area (Å²) in [7, 11) is 0. The Balaban J connectivity index is 1.99. The second-order valence-electron chi connectivity index (χ2n) is 5.22. The lowest BCUT2D eigenvalue weighted by Crippen LogP contribution is -2.29. The zero-order valence-corrected chi connectivity index (χ0v) is 15.3. The van der Waals surface area contributed by atoms with Crippen molar-refractivity contribution in [2.45, 2.75) is 19.8 Å². The largest absolute Gasteiger partial charge is 0.489 e. The molecule has 0 aromatic heterocycles. The van der Waals surface area contributed by atoms with Gasteiger partial charge in [0.25, 0.3) is 0 Å². The number of unbranched alkanes of at least 4 members (excludes halogenated alkanes) is 1. The average Bonchev–Trinajstić information content (AvgIpc) is 2.53. The van der Waals surface area contributed by atoms with Gasteiger partial charge in [0, 0.05) is 17.3 Å². The molecule has 2 aromatic carbocycles. The van der Waals surface area contributed by atoms with Gasteiger partial charge in [0.1, 0.15) is 6.61 Å². The minimum absolute atomic E-state index is 0.433. The van der Waals surface area contributed by atoms with E-state index in [1.807, 2.05) is 18.2 Å². The Morgan fingerprint density at radius 3 is 2.22 bits per heavy atom. The fourth-order valence-electron chi connectivity index (χ4n) is 2.28. The first kappa shape index (κ1) is 18.3. The highest BCUT2D eigenvalue weighted by Gasteiger charge is 2.11. The van der Waals surface area contributed by atoms with Crippen LogP contribution in [0.1, 0.15) is 19.8 Å². The lowest BCUT2D eigenvalue weighted by Gasteiger charge is -2.25. The molecule has 0 radical (unpaired) electrons. The highest BCUT2D eigenvalue weighted by Crippen LogP contribution is 2.35. The third kappa shape index (κ3) is 5.49. The van der Waals surface area contributed by atoms with E-state index in [1.165, 1.54) is 5.69 Å². The van der Waals surface area contributed by atoms with E-state index in [-0.39, 0.29) is 0 Å². The first-order valence-corrected chi connectivity index (χ1v) is 8.82. The molecule has 0 amide bonds. The van der Waals surface area contributed by atoms with Gasteiger partial charge in [0.05, 0.1) is 16.6 Å². The van der Waals surface area contributed by atoms with Crippen molar-refractivity contribution < 1.29 is 4.74 Å². The quantitative estimate of drug-likeness (QED) is 0.536. The van der Waals surface area contributed by atoms with E-state index in [2.05, 4.69) is 24.0 Å². The lowest BCUT2D eigenvalue weighted by molar-refractivity contribution is 0.323. The molecule has 124 valence electrons. The van der Waals surface area contributed by atoms with E-state index in [0.29, 0.717) is 27.4 Å². The monoisotopic (exact) mass is 371 g/mol. The van der Waals surface area contributed by atoms with E-state index >= 15 is 0 Å². The third-order valence-electron chi connectivity index (χ3n) is 3.47. The Bertz CT molecular complexity index is 596. The molecule has 0 heterocycles.